The molecule has 2 rings (SSSR count). The maximum atomic E-state index is 12.8. The molecule has 1 aromatic carbocycles. The monoisotopic (exact) mass is 266 g/mol. The topological polar surface area (TPSA) is 0 Å². The standard InChI is InChI=1S/C16H20ClF/c17-12-11-15-5-3-13(4-6-15)1-2-14-7-9-16(18)10-8-14/h7-13,15H,1-6H2/b12-11+/t13-,15-. The van der Waals surface area contributed by atoms with Crippen LogP contribution in [0.25, 0.3) is 0 Å². The lowest BCUT2D eigenvalue weighted by molar-refractivity contribution is 0.296. The summed E-state index contributed by atoms with van der Waals surface area (Å²) >= 11 is 5.61. The molecule has 0 bridgehead atoms. The molecule has 98 valence electrons. The third-order valence-corrected chi connectivity index (χ3v) is 4.14. The highest BCUT2D eigenvalue weighted by atomic mass is 35.5. The molecule has 0 aromatic heterocycles. The van der Waals surface area contributed by atoms with Crippen LogP contribution in [0, 0.1) is 17.7 Å². The Bertz CT molecular complexity index is 375. The first-order chi connectivity index (χ1) is 8.78. The highest BCUT2D eigenvalue weighted by Gasteiger charge is 2.19. The summed E-state index contributed by atoms with van der Waals surface area (Å²) in [6.07, 6.45) is 9.54. The Morgan fingerprint density at radius 1 is 1.11 bits per heavy atom. The van der Waals surface area contributed by atoms with Crippen LogP contribution in [-0.2, 0) is 6.42 Å². The Balaban J connectivity index is 1.73. The predicted molar refractivity (Wildman–Crippen MR) is 75.2 cm³/mol. The van der Waals surface area contributed by atoms with Crippen LogP contribution >= 0.6 is 11.6 Å². The highest BCUT2D eigenvalue weighted by molar-refractivity contribution is 6.25. The maximum Gasteiger partial charge on any atom is 0.123 e. The number of halogens is 2. The van der Waals surface area contributed by atoms with Crippen LogP contribution in [0.4, 0.5) is 4.39 Å². The van der Waals surface area contributed by atoms with Crippen LogP contribution in [0.5, 0.6) is 0 Å². The second-order valence-corrected chi connectivity index (χ2v) is 5.52. The summed E-state index contributed by atoms with van der Waals surface area (Å²) < 4.78 is 12.8. The van der Waals surface area contributed by atoms with Gasteiger partial charge in [0.15, 0.2) is 0 Å². The van der Waals surface area contributed by atoms with E-state index in [1.54, 1.807) is 17.7 Å². The van der Waals surface area contributed by atoms with E-state index in [-0.39, 0.29) is 5.82 Å². The Morgan fingerprint density at radius 3 is 2.39 bits per heavy atom. The molecule has 0 unspecified atom stereocenters. The van der Waals surface area contributed by atoms with Crippen molar-refractivity contribution in [3.63, 3.8) is 0 Å². The summed E-state index contributed by atoms with van der Waals surface area (Å²) in [7, 11) is 0. The number of allylic oxidation sites excluding steroid dienone is 1. The van der Waals surface area contributed by atoms with Crippen LogP contribution < -0.4 is 0 Å². The van der Waals surface area contributed by atoms with Gasteiger partial charge in [-0.25, -0.2) is 4.39 Å². The molecule has 0 nitrogen and oxygen atoms in total. The van der Waals surface area contributed by atoms with Gasteiger partial charge in [-0.1, -0.05) is 29.8 Å². The Labute approximate surface area is 114 Å². The molecular formula is C16H20ClF. The SMILES string of the molecule is Fc1ccc(CC[C@H]2CC[C@H](/C=C/Cl)CC2)cc1. The van der Waals surface area contributed by atoms with Crippen molar-refractivity contribution in [2.75, 3.05) is 0 Å². The first-order valence-electron chi connectivity index (χ1n) is 6.79. The van der Waals surface area contributed by atoms with Gasteiger partial charge in [-0.2, -0.15) is 0 Å². The van der Waals surface area contributed by atoms with Crippen LogP contribution in [0.1, 0.15) is 37.7 Å². The fourth-order valence-electron chi connectivity index (χ4n) is 2.79. The molecule has 0 radical (unpaired) electrons. The molecule has 2 heteroatoms. The fraction of sp³-hybridized carbons (Fsp3) is 0.500. The van der Waals surface area contributed by atoms with Gasteiger partial charge >= 0.3 is 0 Å². The first-order valence-corrected chi connectivity index (χ1v) is 7.23. The van der Waals surface area contributed by atoms with Crippen LogP contribution in [0.2, 0.25) is 0 Å². The number of hydrogen-bond donors (Lipinski definition) is 0. The van der Waals surface area contributed by atoms with Crippen LogP contribution in [0.3, 0.4) is 0 Å². The van der Waals surface area contributed by atoms with E-state index in [1.807, 2.05) is 12.1 Å². The molecule has 1 aliphatic rings. The van der Waals surface area contributed by atoms with Crippen LogP contribution in [0.15, 0.2) is 35.9 Å². The van der Waals surface area contributed by atoms with E-state index in [4.69, 9.17) is 11.6 Å². The maximum absolute atomic E-state index is 12.8. The normalized spacial score (nSPS) is 24.6. The van der Waals surface area contributed by atoms with Crippen molar-refractivity contribution in [3.05, 3.63) is 47.3 Å². The zero-order valence-electron chi connectivity index (χ0n) is 10.6. The number of aryl methyl sites for hydroxylation is 1. The van der Waals surface area contributed by atoms with E-state index >= 15 is 0 Å². The lowest BCUT2D eigenvalue weighted by atomic mass is 9.79. The zero-order valence-corrected chi connectivity index (χ0v) is 11.4. The quantitative estimate of drug-likeness (QED) is 0.692. The summed E-state index contributed by atoms with van der Waals surface area (Å²) in [6.45, 7) is 0. The van der Waals surface area contributed by atoms with Crippen molar-refractivity contribution in [2.45, 2.75) is 38.5 Å². The second kappa shape index (κ2) is 6.94. The Kier molecular flexibility index (Phi) is 5.25. The molecule has 1 fully saturated rings. The average Bonchev–Trinajstić information content (AvgIpc) is 2.40. The lowest BCUT2D eigenvalue weighted by Crippen LogP contribution is -2.13. The first kappa shape index (κ1) is 13.6. The van der Waals surface area contributed by atoms with Crippen molar-refractivity contribution in [1.82, 2.24) is 0 Å². The van der Waals surface area contributed by atoms with Gasteiger partial charge in [0.25, 0.3) is 0 Å². The molecule has 0 saturated heterocycles. The number of hydrogen-bond acceptors (Lipinski definition) is 0. The zero-order chi connectivity index (χ0) is 12.8. The van der Waals surface area contributed by atoms with Crippen molar-refractivity contribution in [2.24, 2.45) is 11.8 Å². The smallest absolute Gasteiger partial charge is 0.123 e. The number of rotatable bonds is 4. The fourth-order valence-corrected chi connectivity index (χ4v) is 3.00. The lowest BCUT2D eigenvalue weighted by Gasteiger charge is -2.26. The molecule has 18 heavy (non-hydrogen) atoms. The van der Waals surface area contributed by atoms with Gasteiger partial charge in [-0.3, -0.25) is 0 Å². The molecule has 1 aromatic rings. The van der Waals surface area contributed by atoms with E-state index < -0.39 is 0 Å². The summed E-state index contributed by atoms with van der Waals surface area (Å²) in [6, 6.07) is 6.91. The van der Waals surface area contributed by atoms with Crippen molar-refractivity contribution < 1.29 is 4.39 Å². The van der Waals surface area contributed by atoms with Gasteiger partial charge in [0, 0.05) is 5.54 Å². The molecule has 0 amide bonds. The summed E-state index contributed by atoms with van der Waals surface area (Å²) in [4.78, 5) is 0. The van der Waals surface area contributed by atoms with E-state index in [0.29, 0.717) is 5.92 Å². The van der Waals surface area contributed by atoms with Gasteiger partial charge in [0.05, 0.1) is 0 Å². The Hall–Kier alpha value is -0.820. The predicted octanol–water partition coefficient (Wildman–Crippen LogP) is 5.32. The van der Waals surface area contributed by atoms with E-state index in [1.165, 1.54) is 37.7 Å². The van der Waals surface area contributed by atoms with Crippen LogP contribution in [-0.4, -0.2) is 0 Å². The third kappa shape index (κ3) is 4.13. The summed E-state index contributed by atoms with van der Waals surface area (Å²) in [5, 5.41) is 0. The van der Waals surface area contributed by atoms with Gasteiger partial charge < -0.3 is 0 Å². The molecule has 0 spiro atoms. The molecule has 1 aliphatic carbocycles. The van der Waals surface area contributed by atoms with Crippen molar-refractivity contribution >= 4 is 11.6 Å². The summed E-state index contributed by atoms with van der Waals surface area (Å²) in [5.41, 5.74) is 2.91. The molecule has 0 heterocycles. The highest BCUT2D eigenvalue weighted by Crippen LogP contribution is 2.32. The average molecular weight is 267 g/mol. The molecule has 1 saturated carbocycles. The van der Waals surface area contributed by atoms with E-state index in [9.17, 15) is 4.39 Å². The molecule has 0 N–H and O–H groups in total. The van der Waals surface area contributed by atoms with Gasteiger partial charge in [-0.05, 0) is 68.1 Å². The van der Waals surface area contributed by atoms with Gasteiger partial charge in [0.1, 0.15) is 5.82 Å². The second-order valence-electron chi connectivity index (χ2n) is 5.26. The summed E-state index contributed by atoms with van der Waals surface area (Å²) in [5.74, 6) is 1.37. The minimum Gasteiger partial charge on any atom is -0.207 e. The van der Waals surface area contributed by atoms with Crippen molar-refractivity contribution in [3.8, 4) is 0 Å². The Morgan fingerprint density at radius 2 is 1.78 bits per heavy atom. The third-order valence-electron chi connectivity index (χ3n) is 3.99. The van der Waals surface area contributed by atoms with E-state index in [2.05, 4.69) is 6.08 Å². The van der Waals surface area contributed by atoms with Gasteiger partial charge in [0.2, 0.25) is 0 Å². The van der Waals surface area contributed by atoms with E-state index in [0.717, 1.165) is 12.3 Å². The molecular weight excluding hydrogens is 247 g/mol. The minimum absolute atomic E-state index is 0.146. The van der Waals surface area contributed by atoms with Gasteiger partial charge in [-0.15, -0.1) is 0 Å². The minimum atomic E-state index is -0.146. The molecule has 0 aliphatic heterocycles. The molecule has 0 atom stereocenters. The van der Waals surface area contributed by atoms with Crippen molar-refractivity contribution in [1.29, 1.82) is 0 Å². The number of benzene rings is 1. The largest absolute Gasteiger partial charge is 0.207 e.